The van der Waals surface area contributed by atoms with Gasteiger partial charge in [0, 0.05) is 12.3 Å². The summed E-state index contributed by atoms with van der Waals surface area (Å²) in [4.78, 5) is 38.0. The molecule has 14 heteroatoms. The van der Waals surface area contributed by atoms with Gasteiger partial charge in [-0.2, -0.15) is 0 Å². The quantitative estimate of drug-likeness (QED) is 0.224. The minimum absolute atomic E-state index is 0.330. The fourth-order valence-corrected chi connectivity index (χ4v) is 5.85. The lowest BCUT2D eigenvalue weighted by Gasteiger charge is -2.28. The monoisotopic (exact) mass is 555 g/mol. The van der Waals surface area contributed by atoms with E-state index in [1.807, 2.05) is 10.9 Å². The maximum atomic E-state index is 15.7. The second-order valence-electron chi connectivity index (χ2n) is 8.44. The molecular weight excluding hydrogens is 528 g/mol. The van der Waals surface area contributed by atoms with Gasteiger partial charge in [-0.3, -0.25) is 19.1 Å². The van der Waals surface area contributed by atoms with Crippen molar-refractivity contribution in [2.24, 2.45) is 0 Å². The lowest BCUT2D eigenvalue weighted by Crippen LogP contribution is -2.45. The number of rotatable bonds is 10. The van der Waals surface area contributed by atoms with Crippen LogP contribution in [0.3, 0.4) is 0 Å². The van der Waals surface area contributed by atoms with Crippen molar-refractivity contribution < 1.29 is 32.8 Å². The van der Waals surface area contributed by atoms with Gasteiger partial charge in [-0.1, -0.05) is 24.1 Å². The number of alkyl halides is 1. The second kappa shape index (κ2) is 11.7. The molecule has 11 nitrogen and oxygen atoms in total. The highest BCUT2D eigenvalue weighted by Crippen LogP contribution is 2.47. The summed E-state index contributed by atoms with van der Waals surface area (Å²) in [5, 5.41) is 13.5. The molecule has 2 aromatic rings. The average Bonchev–Trinajstić information content (AvgIpc) is 3.08. The molecule has 3 rings (SSSR count). The summed E-state index contributed by atoms with van der Waals surface area (Å²) < 4.78 is 38.8. The number of terminal acetylenes is 1. The Bertz CT molecular complexity index is 1310. The van der Waals surface area contributed by atoms with Gasteiger partial charge < -0.3 is 23.6 Å². The van der Waals surface area contributed by atoms with Crippen molar-refractivity contribution >= 4 is 24.4 Å². The number of ether oxygens (including phenoxy) is 2. The fourth-order valence-electron chi connectivity index (χ4n) is 3.43. The number of nitrogens with one attached hydrogen (secondary N) is 2. The molecule has 0 spiro atoms. The molecule has 3 unspecified atom stereocenters. The van der Waals surface area contributed by atoms with Crippen LogP contribution in [0.1, 0.15) is 27.0 Å². The van der Waals surface area contributed by atoms with Crippen LogP contribution in [0.25, 0.3) is 0 Å². The summed E-state index contributed by atoms with van der Waals surface area (Å²) in [6.07, 6.45) is 0.874. The van der Waals surface area contributed by atoms with Gasteiger partial charge in [0.2, 0.25) is 5.67 Å². The molecule has 0 aliphatic carbocycles. The number of aromatic amines is 1. The van der Waals surface area contributed by atoms with Gasteiger partial charge in [0.05, 0.1) is 12.7 Å². The van der Waals surface area contributed by atoms with Gasteiger partial charge in [-0.15, -0.1) is 6.42 Å². The second-order valence-corrected chi connectivity index (χ2v) is 11.6. The van der Waals surface area contributed by atoms with Crippen LogP contribution < -0.4 is 20.9 Å². The van der Waals surface area contributed by atoms with Gasteiger partial charge in [0.25, 0.3) is 5.56 Å². The SMILES string of the molecule is C#C[C@@]1(F)[C@H](O)C(COP(=S)(NC(C)C(=O)OC(C)C)Oc2ccccc2)O[C@H]1n1ccc(=O)[nH]c1=O. The van der Waals surface area contributed by atoms with E-state index in [9.17, 15) is 19.5 Å². The number of hydrogen-bond acceptors (Lipinski definition) is 9. The third kappa shape index (κ3) is 6.73. The number of aromatic nitrogens is 2. The molecule has 1 aromatic heterocycles. The largest absolute Gasteiger partial charge is 0.462 e. The lowest BCUT2D eigenvalue weighted by atomic mass is 9.97. The van der Waals surface area contributed by atoms with Crippen molar-refractivity contribution in [1.82, 2.24) is 14.6 Å². The average molecular weight is 556 g/mol. The van der Waals surface area contributed by atoms with Crippen molar-refractivity contribution in [1.29, 1.82) is 0 Å². The maximum Gasteiger partial charge on any atom is 0.330 e. The number of halogens is 1. The molecule has 0 amide bonds. The first-order valence-corrected chi connectivity index (χ1v) is 13.8. The Kier molecular flexibility index (Phi) is 9.07. The number of esters is 1. The summed E-state index contributed by atoms with van der Waals surface area (Å²) in [5.74, 6) is 1.57. The topological polar surface area (TPSA) is 141 Å². The first kappa shape index (κ1) is 28.7. The molecule has 1 fully saturated rings. The highest BCUT2D eigenvalue weighted by Gasteiger charge is 2.58. The Morgan fingerprint density at radius 1 is 1.35 bits per heavy atom. The molecule has 6 atom stereocenters. The number of benzene rings is 1. The predicted octanol–water partition coefficient (Wildman–Crippen LogP) is 1.39. The predicted molar refractivity (Wildman–Crippen MR) is 135 cm³/mol. The van der Waals surface area contributed by atoms with Crippen molar-refractivity contribution in [3.8, 4) is 18.1 Å². The zero-order valence-corrected chi connectivity index (χ0v) is 21.9. The van der Waals surface area contributed by atoms with Crippen LogP contribution in [0, 0.1) is 12.3 Å². The van der Waals surface area contributed by atoms with Crippen LogP contribution in [-0.2, 0) is 30.6 Å². The van der Waals surface area contributed by atoms with Gasteiger partial charge in [-0.05, 0) is 44.7 Å². The normalized spacial score (nSPS) is 25.7. The van der Waals surface area contributed by atoms with Crippen LogP contribution in [0.15, 0.2) is 52.2 Å². The standard InChI is InChI=1S/C23H27FN3O8PS/c1-5-23(24)19(29)17(34-21(23)27-12-11-18(28)25-22(27)31)13-32-36(37,35-16-9-7-6-8-10-16)26-15(4)20(30)33-14(2)3/h1,6-12,14-15,17,19,21,29H,13H2,2-4H3,(H,26,37)(H,25,28,31)/t15?,17?,19-,21-,23-,36?/m1/s1. The molecule has 37 heavy (non-hydrogen) atoms. The number of para-hydroxylation sites is 1. The van der Waals surface area contributed by atoms with Gasteiger partial charge in [0.1, 0.15) is 24.0 Å². The first-order chi connectivity index (χ1) is 17.4. The summed E-state index contributed by atoms with van der Waals surface area (Å²) >= 11 is 5.59. The fraction of sp³-hybridized carbons (Fsp3) is 0.435. The molecule has 1 aliphatic heterocycles. The van der Waals surface area contributed by atoms with Crippen LogP contribution in [0.4, 0.5) is 4.39 Å². The summed E-state index contributed by atoms with van der Waals surface area (Å²) in [7, 11) is 0. The third-order valence-electron chi connectivity index (χ3n) is 5.21. The number of H-pyrrole nitrogens is 1. The van der Waals surface area contributed by atoms with E-state index in [1.54, 1.807) is 44.2 Å². The van der Waals surface area contributed by atoms with Crippen LogP contribution in [0.2, 0.25) is 0 Å². The molecule has 0 radical (unpaired) electrons. The molecule has 3 N–H and O–H groups in total. The van der Waals surface area contributed by atoms with E-state index in [1.165, 1.54) is 6.92 Å². The molecule has 1 saturated heterocycles. The summed E-state index contributed by atoms with van der Waals surface area (Å²) in [6.45, 7) is 0.835. The Balaban J connectivity index is 1.84. The summed E-state index contributed by atoms with van der Waals surface area (Å²) in [5.41, 5.74) is -4.54. The number of carbonyl (C=O) groups excluding carboxylic acids is 1. The highest BCUT2D eigenvalue weighted by molar-refractivity contribution is 8.09. The first-order valence-electron chi connectivity index (χ1n) is 11.2. The van der Waals surface area contributed by atoms with E-state index < -0.39 is 60.6 Å². The summed E-state index contributed by atoms with van der Waals surface area (Å²) in [6, 6.07) is 8.44. The minimum atomic E-state index is -3.53. The number of aliphatic hydroxyl groups excluding tert-OH is 1. The van der Waals surface area contributed by atoms with Crippen molar-refractivity contribution in [2.45, 2.75) is 57.0 Å². The van der Waals surface area contributed by atoms with Crippen LogP contribution >= 0.6 is 6.64 Å². The Hall–Kier alpha value is -2.85. The molecule has 2 heterocycles. The van der Waals surface area contributed by atoms with Gasteiger partial charge in [0.15, 0.2) is 6.23 Å². The molecule has 0 bridgehead atoms. The number of aliphatic hydroxyl groups is 1. The smallest absolute Gasteiger partial charge is 0.330 e. The molecule has 1 aromatic carbocycles. The lowest BCUT2D eigenvalue weighted by molar-refractivity contribution is -0.149. The van der Waals surface area contributed by atoms with E-state index in [0.29, 0.717) is 5.75 Å². The number of nitrogens with zero attached hydrogens (tertiary/aromatic N) is 1. The van der Waals surface area contributed by atoms with Crippen LogP contribution in [-0.4, -0.2) is 57.3 Å². The zero-order chi connectivity index (χ0) is 27.4. The van der Waals surface area contributed by atoms with Gasteiger partial charge in [-0.25, -0.2) is 14.3 Å². The zero-order valence-electron chi connectivity index (χ0n) is 20.2. The third-order valence-corrected chi connectivity index (χ3v) is 7.71. The number of hydrogen-bond donors (Lipinski definition) is 3. The van der Waals surface area contributed by atoms with E-state index in [0.717, 1.165) is 16.8 Å². The maximum absolute atomic E-state index is 15.7. The van der Waals surface area contributed by atoms with Crippen molar-refractivity contribution in [3.05, 3.63) is 63.4 Å². The Labute approximate surface area is 217 Å². The van der Waals surface area contributed by atoms with E-state index in [4.69, 9.17) is 36.8 Å². The Morgan fingerprint density at radius 3 is 2.62 bits per heavy atom. The van der Waals surface area contributed by atoms with E-state index >= 15 is 4.39 Å². The van der Waals surface area contributed by atoms with E-state index in [2.05, 4.69) is 5.09 Å². The highest BCUT2D eigenvalue weighted by atomic mass is 32.5. The molecule has 1 aliphatic rings. The van der Waals surface area contributed by atoms with Crippen LogP contribution in [0.5, 0.6) is 5.75 Å². The minimum Gasteiger partial charge on any atom is -0.462 e. The van der Waals surface area contributed by atoms with E-state index in [-0.39, 0.29) is 6.10 Å². The number of carbonyl (C=O) groups is 1. The molecule has 200 valence electrons. The van der Waals surface area contributed by atoms with Crippen molar-refractivity contribution in [3.63, 3.8) is 0 Å². The Morgan fingerprint density at radius 2 is 2.03 bits per heavy atom. The van der Waals surface area contributed by atoms with Crippen molar-refractivity contribution in [2.75, 3.05) is 6.61 Å². The molecular formula is C23H27FN3O8PS. The molecule has 0 saturated carbocycles. The van der Waals surface area contributed by atoms with Gasteiger partial charge >= 0.3 is 18.3 Å².